The average Bonchev–Trinajstić information content (AvgIpc) is 2.81. The molecule has 1 atom stereocenters. The quantitative estimate of drug-likeness (QED) is 0.841. The minimum absolute atomic E-state index is 0.0573. The molecule has 0 aliphatic rings. The first-order chi connectivity index (χ1) is 9.06. The van der Waals surface area contributed by atoms with E-state index in [4.69, 9.17) is 9.15 Å². The molecule has 1 aromatic heterocycles. The molecule has 3 nitrogen and oxygen atoms in total. The maximum absolute atomic E-state index is 5.64. The average molecular weight is 389 g/mol. The van der Waals surface area contributed by atoms with Gasteiger partial charge in [-0.2, -0.15) is 0 Å². The first-order valence-electron chi connectivity index (χ1n) is 5.83. The first kappa shape index (κ1) is 14.6. The zero-order chi connectivity index (χ0) is 14.0. The van der Waals surface area contributed by atoms with Crippen molar-refractivity contribution in [2.75, 3.05) is 14.2 Å². The van der Waals surface area contributed by atoms with Crippen LogP contribution in [0.1, 0.15) is 22.9 Å². The Labute approximate surface area is 129 Å². The lowest BCUT2D eigenvalue weighted by Crippen LogP contribution is -2.18. The number of aryl methyl sites for hydroxylation is 1. The first-order valence-corrected chi connectivity index (χ1v) is 7.42. The molecular weight excluding hydrogens is 374 g/mol. The second kappa shape index (κ2) is 6.11. The molecule has 0 spiro atoms. The monoisotopic (exact) mass is 387 g/mol. The molecule has 1 unspecified atom stereocenters. The van der Waals surface area contributed by atoms with Gasteiger partial charge in [-0.25, -0.2) is 0 Å². The van der Waals surface area contributed by atoms with Crippen LogP contribution in [0.2, 0.25) is 0 Å². The summed E-state index contributed by atoms with van der Waals surface area (Å²) in [5.41, 5.74) is 2.17. The summed E-state index contributed by atoms with van der Waals surface area (Å²) in [7, 11) is 3.57. The van der Waals surface area contributed by atoms with E-state index in [2.05, 4.69) is 43.2 Å². The van der Waals surface area contributed by atoms with Crippen LogP contribution in [0.25, 0.3) is 0 Å². The number of hydrogen-bond acceptors (Lipinski definition) is 3. The van der Waals surface area contributed by atoms with Gasteiger partial charge in [0.2, 0.25) is 0 Å². The van der Waals surface area contributed by atoms with Crippen LogP contribution < -0.4 is 10.1 Å². The molecule has 5 heteroatoms. The van der Waals surface area contributed by atoms with Gasteiger partial charge in [0.05, 0.1) is 13.2 Å². The van der Waals surface area contributed by atoms with Gasteiger partial charge in [0.25, 0.3) is 0 Å². The predicted octanol–water partition coefficient (Wildman–Crippen LogP) is 4.43. The van der Waals surface area contributed by atoms with E-state index in [1.807, 2.05) is 32.2 Å². The van der Waals surface area contributed by atoms with E-state index in [1.165, 1.54) is 0 Å². The van der Waals surface area contributed by atoms with Crippen molar-refractivity contribution in [3.63, 3.8) is 0 Å². The summed E-state index contributed by atoms with van der Waals surface area (Å²) < 4.78 is 12.9. The molecule has 0 saturated heterocycles. The van der Waals surface area contributed by atoms with Gasteiger partial charge >= 0.3 is 0 Å². The van der Waals surface area contributed by atoms with Gasteiger partial charge in [-0.1, -0.05) is 15.9 Å². The normalized spacial score (nSPS) is 12.5. The smallest absolute Gasteiger partial charge is 0.169 e. The van der Waals surface area contributed by atoms with Crippen molar-refractivity contribution in [1.82, 2.24) is 5.32 Å². The van der Waals surface area contributed by atoms with Crippen molar-refractivity contribution in [1.29, 1.82) is 0 Å². The van der Waals surface area contributed by atoms with Crippen LogP contribution in [-0.2, 0) is 0 Å². The standard InChI is InChI=1S/C14H15Br2NO2/c1-8-6-12(18-3)9(7-10(8)15)14(17-2)11-4-5-13(16)19-11/h4-7,14,17H,1-3H3. The molecule has 2 rings (SSSR count). The molecule has 1 heterocycles. The van der Waals surface area contributed by atoms with E-state index < -0.39 is 0 Å². The molecule has 1 aromatic carbocycles. The maximum Gasteiger partial charge on any atom is 0.169 e. The molecule has 0 fully saturated rings. The highest BCUT2D eigenvalue weighted by Gasteiger charge is 2.21. The molecule has 0 aliphatic carbocycles. The van der Waals surface area contributed by atoms with Gasteiger partial charge in [-0.3, -0.25) is 0 Å². The van der Waals surface area contributed by atoms with Gasteiger partial charge in [-0.15, -0.1) is 0 Å². The molecule has 0 bridgehead atoms. The summed E-state index contributed by atoms with van der Waals surface area (Å²) in [5.74, 6) is 1.68. The lowest BCUT2D eigenvalue weighted by atomic mass is 10.0. The topological polar surface area (TPSA) is 34.4 Å². The highest BCUT2D eigenvalue weighted by atomic mass is 79.9. The summed E-state index contributed by atoms with van der Waals surface area (Å²) in [4.78, 5) is 0. The van der Waals surface area contributed by atoms with Crippen LogP contribution in [0.4, 0.5) is 0 Å². The third kappa shape index (κ3) is 3.04. The lowest BCUT2D eigenvalue weighted by molar-refractivity contribution is 0.394. The summed E-state index contributed by atoms with van der Waals surface area (Å²) in [6.07, 6.45) is 0. The van der Waals surface area contributed by atoms with Gasteiger partial charge in [-0.05, 0) is 59.7 Å². The number of furan rings is 1. The molecular formula is C14H15Br2NO2. The molecule has 0 aliphatic heterocycles. The molecule has 0 saturated carbocycles. The summed E-state index contributed by atoms with van der Waals surface area (Å²) in [6.45, 7) is 2.04. The summed E-state index contributed by atoms with van der Waals surface area (Å²) in [6, 6.07) is 7.85. The fourth-order valence-electron chi connectivity index (χ4n) is 2.01. The van der Waals surface area contributed by atoms with Crippen LogP contribution in [-0.4, -0.2) is 14.2 Å². The number of methoxy groups -OCH3 is 1. The van der Waals surface area contributed by atoms with Gasteiger partial charge in [0.1, 0.15) is 11.5 Å². The number of hydrogen-bond donors (Lipinski definition) is 1. The molecule has 102 valence electrons. The summed E-state index contributed by atoms with van der Waals surface area (Å²) >= 11 is 6.89. The lowest BCUT2D eigenvalue weighted by Gasteiger charge is -2.18. The molecule has 19 heavy (non-hydrogen) atoms. The van der Waals surface area contributed by atoms with E-state index >= 15 is 0 Å². The van der Waals surface area contributed by atoms with Gasteiger partial charge in [0, 0.05) is 10.0 Å². The second-order valence-electron chi connectivity index (χ2n) is 4.21. The molecule has 0 radical (unpaired) electrons. The van der Waals surface area contributed by atoms with E-state index in [1.54, 1.807) is 7.11 Å². The number of ether oxygens (including phenoxy) is 1. The van der Waals surface area contributed by atoms with Crippen molar-refractivity contribution >= 4 is 31.9 Å². The predicted molar refractivity (Wildman–Crippen MR) is 82.7 cm³/mol. The number of benzene rings is 1. The van der Waals surface area contributed by atoms with E-state index in [-0.39, 0.29) is 6.04 Å². The van der Waals surface area contributed by atoms with Crippen LogP contribution in [0.3, 0.4) is 0 Å². The Morgan fingerprint density at radius 1 is 1.26 bits per heavy atom. The van der Waals surface area contributed by atoms with Gasteiger partial charge in [0.15, 0.2) is 4.67 Å². The minimum Gasteiger partial charge on any atom is -0.496 e. The van der Waals surface area contributed by atoms with Crippen molar-refractivity contribution in [3.05, 3.63) is 50.3 Å². The van der Waals surface area contributed by atoms with Crippen molar-refractivity contribution in [2.45, 2.75) is 13.0 Å². The Morgan fingerprint density at radius 3 is 2.53 bits per heavy atom. The third-order valence-corrected chi connectivity index (χ3v) is 4.27. The zero-order valence-corrected chi connectivity index (χ0v) is 14.1. The number of nitrogens with one attached hydrogen (secondary N) is 1. The minimum atomic E-state index is -0.0573. The molecule has 1 N–H and O–H groups in total. The Balaban J connectivity index is 2.51. The van der Waals surface area contributed by atoms with Crippen molar-refractivity contribution in [3.8, 4) is 5.75 Å². The van der Waals surface area contributed by atoms with Crippen LogP contribution in [0, 0.1) is 6.92 Å². The zero-order valence-electron chi connectivity index (χ0n) is 11.0. The Bertz CT molecular complexity index is 581. The van der Waals surface area contributed by atoms with Crippen LogP contribution >= 0.6 is 31.9 Å². The highest BCUT2D eigenvalue weighted by Crippen LogP contribution is 2.35. The number of rotatable bonds is 4. The molecule has 2 aromatic rings. The van der Waals surface area contributed by atoms with Crippen molar-refractivity contribution in [2.24, 2.45) is 0 Å². The maximum atomic E-state index is 5.64. The summed E-state index contributed by atoms with van der Waals surface area (Å²) in [5, 5.41) is 3.25. The fourth-order valence-corrected chi connectivity index (χ4v) is 2.69. The second-order valence-corrected chi connectivity index (χ2v) is 5.84. The van der Waals surface area contributed by atoms with Gasteiger partial charge < -0.3 is 14.5 Å². The SMILES string of the molecule is CNC(c1ccc(Br)o1)c1cc(Br)c(C)cc1OC. The van der Waals surface area contributed by atoms with Crippen LogP contribution in [0.15, 0.2) is 37.8 Å². The third-order valence-electron chi connectivity index (χ3n) is 2.99. The van der Waals surface area contributed by atoms with Crippen molar-refractivity contribution < 1.29 is 9.15 Å². The number of halogens is 2. The van der Waals surface area contributed by atoms with Crippen LogP contribution in [0.5, 0.6) is 5.75 Å². The van der Waals surface area contributed by atoms with E-state index in [0.29, 0.717) is 4.67 Å². The molecule has 0 amide bonds. The Morgan fingerprint density at radius 2 is 2.00 bits per heavy atom. The Kier molecular flexibility index (Phi) is 4.71. The van der Waals surface area contributed by atoms with E-state index in [9.17, 15) is 0 Å². The highest BCUT2D eigenvalue weighted by molar-refractivity contribution is 9.10. The fraction of sp³-hybridized carbons (Fsp3) is 0.286. The Hall–Kier alpha value is -0.780. The largest absolute Gasteiger partial charge is 0.496 e. The van der Waals surface area contributed by atoms with E-state index in [0.717, 1.165) is 27.1 Å².